The summed E-state index contributed by atoms with van der Waals surface area (Å²) in [5, 5.41) is 0.989. The number of nitrogens with two attached hydrogens (primary N) is 1. The maximum atomic E-state index is 6.27. The van der Waals surface area contributed by atoms with Crippen molar-refractivity contribution < 1.29 is 4.74 Å². The van der Waals surface area contributed by atoms with Crippen molar-refractivity contribution in [1.29, 1.82) is 0 Å². The van der Waals surface area contributed by atoms with E-state index in [0.29, 0.717) is 5.82 Å². The van der Waals surface area contributed by atoms with Crippen LogP contribution in [0.4, 0.5) is 5.82 Å². The van der Waals surface area contributed by atoms with Crippen LogP contribution in [0.1, 0.15) is 18.7 Å². The number of likely N-dealkylation sites (tertiary alicyclic amines) is 1. The minimum absolute atomic E-state index is 0.467. The number of allylic oxidation sites excluding steroid dienone is 1. The molecular weight excluding hydrogens is 362 g/mol. The minimum Gasteiger partial charge on any atom is -0.497 e. The van der Waals surface area contributed by atoms with Gasteiger partial charge >= 0.3 is 0 Å². The van der Waals surface area contributed by atoms with E-state index in [9.17, 15) is 0 Å². The maximum absolute atomic E-state index is 6.27. The largest absolute Gasteiger partial charge is 0.497 e. The summed E-state index contributed by atoms with van der Waals surface area (Å²) in [7, 11) is 1.67. The number of hydrogen-bond acceptors (Lipinski definition) is 5. The Bertz CT molecular complexity index is 1240. The molecule has 6 nitrogen and oxygen atoms in total. The first-order valence-corrected chi connectivity index (χ1v) is 9.77. The zero-order chi connectivity index (χ0) is 20.0. The van der Waals surface area contributed by atoms with Gasteiger partial charge in [0, 0.05) is 17.6 Å². The first kappa shape index (κ1) is 17.6. The topological polar surface area (TPSA) is 80.1 Å². The molecule has 5 rings (SSSR count). The minimum atomic E-state index is 0.467. The predicted octanol–water partition coefficient (Wildman–Crippen LogP) is 4.48. The molecule has 6 heteroatoms. The van der Waals surface area contributed by atoms with Gasteiger partial charge in [0.05, 0.1) is 19.2 Å². The fourth-order valence-corrected chi connectivity index (χ4v) is 4.03. The number of aromatic nitrogens is 3. The summed E-state index contributed by atoms with van der Waals surface area (Å²) >= 11 is 0. The number of anilines is 1. The standard InChI is InChI=1S/C23H23N5O/c1-14-5-4-10-28(14)13-20-26-21-18-9-8-16(15-6-3-7-17(11-15)29-2)12-19(18)25-23(24)22(21)27-20/h3,6-9,11-12H,1,4-5,10,13H2,2H3,(H2,24,25)(H,26,27). The number of aromatic amines is 1. The van der Waals surface area contributed by atoms with Gasteiger partial charge in [0.25, 0.3) is 0 Å². The van der Waals surface area contributed by atoms with E-state index in [0.717, 1.165) is 70.6 Å². The zero-order valence-corrected chi connectivity index (χ0v) is 16.4. The number of imidazole rings is 1. The zero-order valence-electron chi connectivity index (χ0n) is 16.4. The second-order valence-electron chi connectivity index (χ2n) is 7.46. The molecule has 0 radical (unpaired) electrons. The molecule has 0 unspecified atom stereocenters. The lowest BCUT2D eigenvalue weighted by atomic mass is 10.0. The third-order valence-corrected chi connectivity index (χ3v) is 5.59. The summed E-state index contributed by atoms with van der Waals surface area (Å²) < 4.78 is 5.35. The number of rotatable bonds is 4. The molecule has 0 spiro atoms. The van der Waals surface area contributed by atoms with Crippen LogP contribution < -0.4 is 10.5 Å². The molecule has 2 aromatic heterocycles. The summed E-state index contributed by atoms with van der Waals surface area (Å²) in [6.07, 6.45) is 2.21. The highest BCUT2D eigenvalue weighted by atomic mass is 16.5. The van der Waals surface area contributed by atoms with Crippen LogP contribution in [0.25, 0.3) is 33.1 Å². The lowest BCUT2D eigenvalue weighted by Crippen LogP contribution is -2.17. The Labute approximate surface area is 169 Å². The Morgan fingerprint density at radius 3 is 2.83 bits per heavy atom. The van der Waals surface area contributed by atoms with Crippen molar-refractivity contribution in [3.05, 3.63) is 60.6 Å². The molecular formula is C23H23N5O. The Hall–Kier alpha value is -3.54. The van der Waals surface area contributed by atoms with E-state index < -0.39 is 0 Å². The Balaban J connectivity index is 1.58. The smallest absolute Gasteiger partial charge is 0.150 e. The molecule has 3 heterocycles. The van der Waals surface area contributed by atoms with Crippen LogP contribution in [0, 0.1) is 0 Å². The number of pyridine rings is 1. The van der Waals surface area contributed by atoms with Gasteiger partial charge in [-0.25, -0.2) is 9.97 Å². The van der Waals surface area contributed by atoms with Gasteiger partial charge < -0.3 is 20.4 Å². The number of benzene rings is 2. The lowest BCUT2D eigenvalue weighted by Gasteiger charge is -2.16. The van der Waals surface area contributed by atoms with Gasteiger partial charge in [-0.3, -0.25) is 0 Å². The van der Waals surface area contributed by atoms with E-state index >= 15 is 0 Å². The number of nitrogens with zero attached hydrogens (tertiary/aromatic N) is 3. The van der Waals surface area contributed by atoms with Crippen molar-refractivity contribution in [2.75, 3.05) is 19.4 Å². The molecule has 0 amide bonds. The molecule has 3 N–H and O–H groups in total. The highest BCUT2D eigenvalue weighted by Crippen LogP contribution is 2.31. The van der Waals surface area contributed by atoms with Gasteiger partial charge in [0.1, 0.15) is 28.4 Å². The van der Waals surface area contributed by atoms with Gasteiger partial charge in [-0.05, 0) is 48.2 Å². The molecule has 2 aromatic carbocycles. The van der Waals surface area contributed by atoms with Gasteiger partial charge in [-0.1, -0.05) is 24.8 Å². The fraction of sp³-hybridized carbons (Fsp3) is 0.217. The highest BCUT2D eigenvalue weighted by Gasteiger charge is 2.18. The number of methoxy groups -OCH3 is 1. The maximum Gasteiger partial charge on any atom is 0.150 e. The van der Waals surface area contributed by atoms with Crippen molar-refractivity contribution in [2.24, 2.45) is 0 Å². The second-order valence-corrected chi connectivity index (χ2v) is 7.46. The lowest BCUT2D eigenvalue weighted by molar-refractivity contribution is 0.378. The van der Waals surface area contributed by atoms with Crippen LogP contribution in [0.2, 0.25) is 0 Å². The molecule has 29 heavy (non-hydrogen) atoms. The molecule has 1 fully saturated rings. The summed E-state index contributed by atoms with van der Waals surface area (Å²) in [6, 6.07) is 14.2. The number of ether oxygens (including phenoxy) is 1. The van der Waals surface area contributed by atoms with E-state index in [2.05, 4.69) is 45.7 Å². The monoisotopic (exact) mass is 385 g/mol. The highest BCUT2D eigenvalue weighted by molar-refractivity contribution is 6.07. The van der Waals surface area contributed by atoms with Crippen LogP contribution in [-0.2, 0) is 6.54 Å². The van der Waals surface area contributed by atoms with E-state index in [1.54, 1.807) is 7.11 Å². The molecule has 0 atom stereocenters. The first-order valence-electron chi connectivity index (χ1n) is 9.77. The van der Waals surface area contributed by atoms with Crippen LogP contribution in [0.3, 0.4) is 0 Å². The third kappa shape index (κ3) is 3.06. The molecule has 146 valence electrons. The molecule has 4 aromatic rings. The van der Waals surface area contributed by atoms with Crippen molar-refractivity contribution in [3.8, 4) is 16.9 Å². The quantitative estimate of drug-likeness (QED) is 0.541. The Morgan fingerprint density at radius 2 is 2.03 bits per heavy atom. The molecule has 0 aliphatic carbocycles. The van der Waals surface area contributed by atoms with Crippen LogP contribution >= 0.6 is 0 Å². The SMILES string of the molecule is C=C1CCCN1Cc1nc2c([nH]1)c(N)nc1cc(-c3cccc(OC)c3)ccc12. The van der Waals surface area contributed by atoms with Gasteiger partial charge in [0.15, 0.2) is 0 Å². The van der Waals surface area contributed by atoms with Gasteiger partial charge in [-0.2, -0.15) is 0 Å². The molecule has 0 saturated carbocycles. The van der Waals surface area contributed by atoms with Crippen LogP contribution in [0.15, 0.2) is 54.7 Å². The number of fused-ring (bicyclic) bond motifs is 3. The molecule has 1 aliphatic heterocycles. The summed E-state index contributed by atoms with van der Waals surface area (Å²) in [5.74, 6) is 2.18. The van der Waals surface area contributed by atoms with Crippen LogP contribution in [-0.4, -0.2) is 33.5 Å². The average Bonchev–Trinajstić information content (AvgIpc) is 3.35. The van der Waals surface area contributed by atoms with E-state index in [1.807, 2.05) is 18.2 Å². The van der Waals surface area contributed by atoms with Crippen molar-refractivity contribution >= 4 is 27.8 Å². The number of nitrogen functional groups attached to an aromatic ring is 1. The Morgan fingerprint density at radius 1 is 1.17 bits per heavy atom. The molecule has 1 saturated heterocycles. The Kier molecular flexibility index (Phi) is 4.12. The fourth-order valence-electron chi connectivity index (χ4n) is 4.03. The van der Waals surface area contributed by atoms with Crippen molar-refractivity contribution in [1.82, 2.24) is 19.9 Å². The summed E-state index contributed by atoms with van der Waals surface area (Å²) in [5.41, 5.74) is 12.1. The molecule has 0 bridgehead atoms. The van der Waals surface area contributed by atoms with Crippen LogP contribution in [0.5, 0.6) is 5.75 Å². The van der Waals surface area contributed by atoms with Crippen molar-refractivity contribution in [2.45, 2.75) is 19.4 Å². The van der Waals surface area contributed by atoms with E-state index in [4.69, 9.17) is 15.5 Å². The number of H-pyrrole nitrogens is 1. The second kappa shape index (κ2) is 6.81. The molecule has 1 aliphatic rings. The summed E-state index contributed by atoms with van der Waals surface area (Å²) in [6.45, 7) is 5.88. The van der Waals surface area contributed by atoms with Gasteiger partial charge in [-0.15, -0.1) is 0 Å². The summed E-state index contributed by atoms with van der Waals surface area (Å²) in [4.78, 5) is 15.1. The third-order valence-electron chi connectivity index (χ3n) is 5.59. The van der Waals surface area contributed by atoms with E-state index in [1.165, 1.54) is 5.70 Å². The number of hydrogen-bond donors (Lipinski definition) is 2. The first-order chi connectivity index (χ1) is 14.1. The number of nitrogens with one attached hydrogen (secondary N) is 1. The average molecular weight is 385 g/mol. The predicted molar refractivity (Wildman–Crippen MR) is 117 cm³/mol. The normalized spacial score (nSPS) is 14.2. The van der Waals surface area contributed by atoms with Gasteiger partial charge in [0.2, 0.25) is 0 Å². The van der Waals surface area contributed by atoms with E-state index in [-0.39, 0.29) is 0 Å². The van der Waals surface area contributed by atoms with Crippen molar-refractivity contribution in [3.63, 3.8) is 0 Å².